The highest BCUT2D eigenvalue weighted by atomic mass is 79.9. The number of rotatable bonds is 4. The molecule has 0 bridgehead atoms. The SMILES string of the molecule is CC(CC#N)Cc1nc(-c2ccccc2Br)no1. The van der Waals surface area contributed by atoms with Gasteiger partial charge in [-0.15, -0.1) is 0 Å². The van der Waals surface area contributed by atoms with Gasteiger partial charge in [-0.3, -0.25) is 0 Å². The highest BCUT2D eigenvalue weighted by molar-refractivity contribution is 9.10. The van der Waals surface area contributed by atoms with E-state index >= 15 is 0 Å². The lowest BCUT2D eigenvalue weighted by atomic mass is 10.1. The van der Waals surface area contributed by atoms with Crippen LogP contribution in [0, 0.1) is 17.2 Å². The number of aromatic nitrogens is 2. The van der Waals surface area contributed by atoms with Gasteiger partial charge in [0.25, 0.3) is 0 Å². The molecular formula is C13H12BrN3O. The molecule has 0 N–H and O–H groups in total. The fraction of sp³-hybridized carbons (Fsp3) is 0.308. The van der Waals surface area contributed by atoms with Gasteiger partial charge in [-0.05, 0) is 18.1 Å². The summed E-state index contributed by atoms with van der Waals surface area (Å²) in [6.07, 6.45) is 1.12. The first-order valence-electron chi connectivity index (χ1n) is 5.65. The summed E-state index contributed by atoms with van der Waals surface area (Å²) in [4.78, 5) is 4.35. The van der Waals surface area contributed by atoms with Gasteiger partial charge in [-0.25, -0.2) is 0 Å². The smallest absolute Gasteiger partial charge is 0.227 e. The molecule has 2 rings (SSSR count). The Bertz CT molecular complexity index is 574. The summed E-state index contributed by atoms with van der Waals surface area (Å²) < 4.78 is 6.13. The van der Waals surface area contributed by atoms with Crippen molar-refractivity contribution in [1.29, 1.82) is 5.26 Å². The topological polar surface area (TPSA) is 62.7 Å². The van der Waals surface area contributed by atoms with E-state index in [4.69, 9.17) is 9.78 Å². The van der Waals surface area contributed by atoms with E-state index in [1.54, 1.807) is 0 Å². The predicted molar refractivity (Wildman–Crippen MR) is 70.5 cm³/mol. The molecule has 2 aromatic rings. The minimum atomic E-state index is 0.225. The molecular weight excluding hydrogens is 294 g/mol. The number of hydrogen-bond acceptors (Lipinski definition) is 4. The molecule has 1 heterocycles. The molecule has 92 valence electrons. The number of hydrogen-bond donors (Lipinski definition) is 0. The van der Waals surface area contributed by atoms with Gasteiger partial charge in [0.15, 0.2) is 0 Å². The Morgan fingerprint density at radius 1 is 1.44 bits per heavy atom. The zero-order valence-corrected chi connectivity index (χ0v) is 11.5. The van der Waals surface area contributed by atoms with Crippen LogP contribution in [0.3, 0.4) is 0 Å². The standard InChI is InChI=1S/C13H12BrN3O/c1-9(6-7-15)8-12-16-13(17-18-12)10-4-2-3-5-11(10)14/h2-5,9H,6,8H2,1H3. The molecule has 0 amide bonds. The van der Waals surface area contributed by atoms with Gasteiger partial charge in [0, 0.05) is 22.9 Å². The van der Waals surface area contributed by atoms with E-state index in [0.717, 1.165) is 10.0 Å². The van der Waals surface area contributed by atoms with E-state index in [1.807, 2.05) is 31.2 Å². The zero-order valence-electron chi connectivity index (χ0n) is 9.93. The lowest BCUT2D eigenvalue weighted by Gasteiger charge is -2.00. The molecule has 0 spiro atoms. The van der Waals surface area contributed by atoms with Gasteiger partial charge in [0.2, 0.25) is 11.7 Å². The molecule has 0 aliphatic rings. The summed E-state index contributed by atoms with van der Waals surface area (Å²) in [6, 6.07) is 9.86. The Morgan fingerprint density at radius 2 is 2.22 bits per heavy atom. The third-order valence-electron chi connectivity index (χ3n) is 2.55. The second-order valence-corrected chi connectivity index (χ2v) is 5.02. The maximum atomic E-state index is 8.61. The van der Waals surface area contributed by atoms with E-state index in [-0.39, 0.29) is 5.92 Å². The lowest BCUT2D eigenvalue weighted by Crippen LogP contribution is -1.98. The van der Waals surface area contributed by atoms with Crippen molar-refractivity contribution in [3.8, 4) is 17.5 Å². The predicted octanol–water partition coefficient (Wildman–Crippen LogP) is 3.59. The van der Waals surface area contributed by atoms with E-state index in [1.165, 1.54) is 0 Å². The maximum absolute atomic E-state index is 8.61. The van der Waals surface area contributed by atoms with Crippen LogP contribution in [-0.2, 0) is 6.42 Å². The van der Waals surface area contributed by atoms with Crippen LogP contribution in [0.4, 0.5) is 0 Å². The molecule has 1 atom stereocenters. The van der Waals surface area contributed by atoms with Gasteiger partial charge in [-0.2, -0.15) is 10.2 Å². The third kappa shape index (κ3) is 2.96. The van der Waals surface area contributed by atoms with Gasteiger partial charge in [0.05, 0.1) is 6.07 Å². The molecule has 0 fully saturated rings. The molecule has 0 aliphatic heterocycles. The maximum Gasteiger partial charge on any atom is 0.227 e. The normalized spacial score (nSPS) is 12.1. The largest absolute Gasteiger partial charge is 0.339 e. The first-order valence-corrected chi connectivity index (χ1v) is 6.44. The van der Waals surface area contributed by atoms with Gasteiger partial charge in [0.1, 0.15) is 0 Å². The molecule has 4 nitrogen and oxygen atoms in total. The molecule has 0 saturated heterocycles. The zero-order chi connectivity index (χ0) is 13.0. The van der Waals surface area contributed by atoms with Crippen LogP contribution >= 0.6 is 15.9 Å². The van der Waals surface area contributed by atoms with Crippen LogP contribution in [0.5, 0.6) is 0 Å². The van der Waals surface area contributed by atoms with Crippen molar-refractivity contribution in [2.75, 3.05) is 0 Å². The van der Waals surface area contributed by atoms with Crippen molar-refractivity contribution < 1.29 is 4.52 Å². The van der Waals surface area contributed by atoms with Crippen molar-refractivity contribution in [3.05, 3.63) is 34.6 Å². The minimum Gasteiger partial charge on any atom is -0.339 e. The van der Waals surface area contributed by atoms with E-state index in [2.05, 4.69) is 32.1 Å². The summed E-state index contributed by atoms with van der Waals surface area (Å²) in [6.45, 7) is 1.99. The Balaban J connectivity index is 2.16. The molecule has 1 aromatic heterocycles. The quantitative estimate of drug-likeness (QED) is 0.866. The van der Waals surface area contributed by atoms with E-state index < -0.39 is 0 Å². The summed E-state index contributed by atoms with van der Waals surface area (Å²) >= 11 is 3.45. The summed E-state index contributed by atoms with van der Waals surface area (Å²) in [5, 5.41) is 12.6. The van der Waals surface area contributed by atoms with Crippen LogP contribution in [0.15, 0.2) is 33.3 Å². The van der Waals surface area contributed by atoms with Crippen molar-refractivity contribution in [2.45, 2.75) is 19.8 Å². The molecule has 0 radical (unpaired) electrons. The fourth-order valence-corrected chi connectivity index (χ4v) is 2.08. The van der Waals surface area contributed by atoms with Crippen molar-refractivity contribution in [1.82, 2.24) is 10.1 Å². The van der Waals surface area contributed by atoms with Crippen LogP contribution < -0.4 is 0 Å². The van der Waals surface area contributed by atoms with Crippen LogP contribution in [0.1, 0.15) is 19.2 Å². The van der Waals surface area contributed by atoms with Gasteiger partial charge >= 0.3 is 0 Å². The molecule has 5 heteroatoms. The molecule has 1 unspecified atom stereocenters. The Labute approximate surface area is 114 Å². The van der Waals surface area contributed by atoms with E-state index in [0.29, 0.717) is 24.6 Å². The number of halogens is 1. The molecule has 1 aromatic carbocycles. The van der Waals surface area contributed by atoms with Crippen molar-refractivity contribution in [2.24, 2.45) is 5.92 Å². The Hall–Kier alpha value is -1.67. The van der Waals surface area contributed by atoms with Crippen molar-refractivity contribution in [3.63, 3.8) is 0 Å². The average Bonchev–Trinajstić information content (AvgIpc) is 2.78. The number of benzene rings is 1. The van der Waals surface area contributed by atoms with E-state index in [9.17, 15) is 0 Å². The fourth-order valence-electron chi connectivity index (χ4n) is 1.62. The Morgan fingerprint density at radius 3 is 2.94 bits per heavy atom. The Kier molecular flexibility index (Phi) is 4.11. The van der Waals surface area contributed by atoms with Crippen molar-refractivity contribution >= 4 is 15.9 Å². The molecule has 18 heavy (non-hydrogen) atoms. The highest BCUT2D eigenvalue weighted by Crippen LogP contribution is 2.25. The van der Waals surface area contributed by atoms with Crippen LogP contribution in [-0.4, -0.2) is 10.1 Å². The molecule has 0 saturated carbocycles. The van der Waals surface area contributed by atoms with Crippen LogP contribution in [0.2, 0.25) is 0 Å². The first kappa shape index (κ1) is 12.8. The third-order valence-corrected chi connectivity index (χ3v) is 3.24. The monoisotopic (exact) mass is 305 g/mol. The highest BCUT2D eigenvalue weighted by Gasteiger charge is 2.13. The summed E-state index contributed by atoms with van der Waals surface area (Å²) in [5.41, 5.74) is 0.903. The second-order valence-electron chi connectivity index (χ2n) is 4.16. The summed E-state index contributed by atoms with van der Waals surface area (Å²) in [5.74, 6) is 1.37. The average molecular weight is 306 g/mol. The summed E-state index contributed by atoms with van der Waals surface area (Å²) in [7, 11) is 0. The van der Waals surface area contributed by atoms with Gasteiger partial charge in [-0.1, -0.05) is 40.1 Å². The van der Waals surface area contributed by atoms with Crippen LogP contribution in [0.25, 0.3) is 11.4 Å². The minimum absolute atomic E-state index is 0.225. The number of nitriles is 1. The number of nitrogens with zero attached hydrogens (tertiary/aromatic N) is 3. The second kappa shape index (κ2) is 5.78. The molecule has 0 aliphatic carbocycles. The van der Waals surface area contributed by atoms with Gasteiger partial charge < -0.3 is 4.52 Å². The first-order chi connectivity index (χ1) is 8.70. The lowest BCUT2D eigenvalue weighted by molar-refractivity contribution is 0.359.